The molecule has 3 amide bonds. The Morgan fingerprint density at radius 3 is 2.10 bits per heavy atom. The molecule has 118 valence electrons. The average molecular weight is 293 g/mol. The SMILES string of the molecule is NC(=O)[C@@H]1CCCCC[C@@H]1NC(=O)NC(C1CC1)C1CC1. The molecule has 3 aliphatic carbocycles. The Morgan fingerprint density at radius 1 is 0.905 bits per heavy atom. The van der Waals surface area contributed by atoms with Crippen LogP contribution in [0, 0.1) is 17.8 Å². The van der Waals surface area contributed by atoms with Crippen LogP contribution >= 0.6 is 0 Å². The van der Waals surface area contributed by atoms with E-state index in [9.17, 15) is 9.59 Å². The minimum atomic E-state index is -0.275. The van der Waals surface area contributed by atoms with Crippen molar-refractivity contribution in [3.8, 4) is 0 Å². The summed E-state index contributed by atoms with van der Waals surface area (Å²) >= 11 is 0. The first-order chi connectivity index (χ1) is 10.1. The molecule has 2 atom stereocenters. The monoisotopic (exact) mass is 293 g/mol. The maximum atomic E-state index is 12.3. The zero-order valence-electron chi connectivity index (χ0n) is 12.6. The summed E-state index contributed by atoms with van der Waals surface area (Å²) in [6.07, 6.45) is 9.85. The smallest absolute Gasteiger partial charge is 0.315 e. The van der Waals surface area contributed by atoms with Gasteiger partial charge in [0.1, 0.15) is 0 Å². The molecule has 0 unspecified atom stereocenters. The fourth-order valence-electron chi connectivity index (χ4n) is 3.71. The van der Waals surface area contributed by atoms with Gasteiger partial charge in [0.15, 0.2) is 0 Å². The van der Waals surface area contributed by atoms with Crippen molar-refractivity contribution in [1.82, 2.24) is 10.6 Å². The maximum absolute atomic E-state index is 12.3. The van der Waals surface area contributed by atoms with Crippen molar-refractivity contribution in [2.75, 3.05) is 0 Å². The summed E-state index contributed by atoms with van der Waals surface area (Å²) in [5.41, 5.74) is 5.51. The molecule has 0 aromatic rings. The molecular weight excluding hydrogens is 266 g/mol. The molecule has 21 heavy (non-hydrogen) atoms. The van der Waals surface area contributed by atoms with Crippen molar-refractivity contribution in [2.45, 2.75) is 69.9 Å². The third-order valence-electron chi connectivity index (χ3n) is 5.26. The quantitative estimate of drug-likeness (QED) is 0.676. The van der Waals surface area contributed by atoms with E-state index in [1.165, 1.54) is 25.7 Å². The summed E-state index contributed by atoms with van der Waals surface area (Å²) in [6.45, 7) is 0. The summed E-state index contributed by atoms with van der Waals surface area (Å²) in [5, 5.41) is 6.20. The number of amides is 3. The van der Waals surface area contributed by atoms with Crippen LogP contribution in [0.2, 0.25) is 0 Å². The van der Waals surface area contributed by atoms with E-state index in [1.54, 1.807) is 0 Å². The van der Waals surface area contributed by atoms with E-state index < -0.39 is 0 Å². The second kappa shape index (κ2) is 6.24. The fraction of sp³-hybridized carbons (Fsp3) is 0.875. The first kappa shape index (κ1) is 14.7. The lowest BCUT2D eigenvalue weighted by Gasteiger charge is -2.26. The normalized spacial score (nSPS) is 29.8. The van der Waals surface area contributed by atoms with Crippen molar-refractivity contribution in [2.24, 2.45) is 23.5 Å². The number of nitrogens with one attached hydrogen (secondary N) is 2. The molecule has 0 saturated heterocycles. The maximum Gasteiger partial charge on any atom is 0.315 e. The number of hydrogen-bond donors (Lipinski definition) is 3. The number of nitrogens with two attached hydrogens (primary N) is 1. The van der Waals surface area contributed by atoms with Crippen molar-refractivity contribution in [3.63, 3.8) is 0 Å². The third-order valence-corrected chi connectivity index (χ3v) is 5.26. The molecule has 3 saturated carbocycles. The van der Waals surface area contributed by atoms with Crippen molar-refractivity contribution in [1.29, 1.82) is 0 Å². The predicted molar refractivity (Wildman–Crippen MR) is 80.5 cm³/mol. The Bertz CT molecular complexity index is 392. The van der Waals surface area contributed by atoms with Gasteiger partial charge in [0, 0.05) is 12.1 Å². The molecule has 4 N–H and O–H groups in total. The molecule has 0 aromatic carbocycles. The molecule has 3 aliphatic rings. The van der Waals surface area contributed by atoms with Gasteiger partial charge >= 0.3 is 6.03 Å². The number of rotatable bonds is 5. The molecule has 3 rings (SSSR count). The molecular formula is C16H27N3O2. The topological polar surface area (TPSA) is 84.2 Å². The van der Waals surface area contributed by atoms with Crippen LogP contribution in [0.3, 0.4) is 0 Å². The molecule has 5 heteroatoms. The molecule has 0 aliphatic heterocycles. The van der Waals surface area contributed by atoms with E-state index in [1.807, 2.05) is 0 Å². The first-order valence-electron chi connectivity index (χ1n) is 8.51. The Morgan fingerprint density at radius 2 is 1.52 bits per heavy atom. The molecule has 0 bridgehead atoms. The van der Waals surface area contributed by atoms with Crippen LogP contribution in [0.4, 0.5) is 4.79 Å². The summed E-state index contributed by atoms with van der Waals surface area (Å²) in [4.78, 5) is 23.9. The van der Waals surface area contributed by atoms with E-state index in [0.717, 1.165) is 32.1 Å². The number of carbonyl (C=O) groups excluding carboxylic acids is 2. The van der Waals surface area contributed by atoms with Gasteiger partial charge in [-0.05, 0) is 50.4 Å². The summed E-state index contributed by atoms with van der Waals surface area (Å²) in [7, 11) is 0. The van der Waals surface area contributed by atoms with Crippen LogP contribution < -0.4 is 16.4 Å². The van der Waals surface area contributed by atoms with Crippen molar-refractivity contribution < 1.29 is 9.59 Å². The highest BCUT2D eigenvalue weighted by atomic mass is 16.2. The van der Waals surface area contributed by atoms with Gasteiger partial charge in [-0.15, -0.1) is 0 Å². The van der Waals surface area contributed by atoms with Crippen LogP contribution in [0.25, 0.3) is 0 Å². The zero-order valence-corrected chi connectivity index (χ0v) is 12.6. The van der Waals surface area contributed by atoms with Gasteiger partial charge in [0.25, 0.3) is 0 Å². The summed E-state index contributed by atoms with van der Waals surface area (Å²) in [6, 6.07) is 0.156. The highest BCUT2D eigenvalue weighted by Crippen LogP contribution is 2.44. The highest BCUT2D eigenvalue weighted by molar-refractivity contribution is 5.80. The molecule has 0 radical (unpaired) electrons. The lowest BCUT2D eigenvalue weighted by molar-refractivity contribution is -0.122. The van der Waals surface area contributed by atoms with Crippen LogP contribution in [0.5, 0.6) is 0 Å². The van der Waals surface area contributed by atoms with Gasteiger partial charge < -0.3 is 16.4 Å². The Kier molecular flexibility index (Phi) is 4.36. The van der Waals surface area contributed by atoms with Crippen LogP contribution in [0.15, 0.2) is 0 Å². The standard InChI is InChI=1S/C16H27N3O2/c17-15(20)12-4-2-1-3-5-13(12)18-16(21)19-14(10-6-7-10)11-8-9-11/h10-14H,1-9H2,(H2,17,20)(H2,18,19,21)/t12-,13+/m1/s1. The van der Waals surface area contributed by atoms with Crippen molar-refractivity contribution in [3.05, 3.63) is 0 Å². The Hall–Kier alpha value is -1.26. The lowest BCUT2D eigenvalue weighted by Crippen LogP contribution is -2.51. The van der Waals surface area contributed by atoms with Crippen LogP contribution in [-0.4, -0.2) is 24.0 Å². The molecule has 5 nitrogen and oxygen atoms in total. The third kappa shape index (κ3) is 3.89. The van der Waals surface area contributed by atoms with Gasteiger partial charge in [0.2, 0.25) is 5.91 Å². The Labute approximate surface area is 126 Å². The van der Waals surface area contributed by atoms with E-state index in [0.29, 0.717) is 17.9 Å². The minimum absolute atomic E-state index is 0.0935. The Balaban J connectivity index is 1.55. The molecule has 3 fully saturated rings. The molecule has 0 heterocycles. The van der Waals surface area contributed by atoms with Gasteiger partial charge in [-0.2, -0.15) is 0 Å². The predicted octanol–water partition coefficient (Wildman–Crippen LogP) is 1.91. The number of urea groups is 1. The van der Waals surface area contributed by atoms with E-state index in [4.69, 9.17) is 5.73 Å². The van der Waals surface area contributed by atoms with E-state index >= 15 is 0 Å². The van der Waals surface area contributed by atoms with E-state index in [2.05, 4.69) is 10.6 Å². The first-order valence-corrected chi connectivity index (χ1v) is 8.51. The minimum Gasteiger partial charge on any atom is -0.369 e. The van der Waals surface area contributed by atoms with Gasteiger partial charge in [0.05, 0.1) is 5.92 Å². The summed E-state index contributed by atoms with van der Waals surface area (Å²) in [5.74, 6) is 0.885. The van der Waals surface area contributed by atoms with Gasteiger partial charge in [-0.25, -0.2) is 4.79 Å². The second-order valence-corrected chi connectivity index (χ2v) is 7.07. The van der Waals surface area contributed by atoms with Gasteiger partial charge in [-0.3, -0.25) is 4.79 Å². The van der Waals surface area contributed by atoms with Crippen LogP contribution in [-0.2, 0) is 4.79 Å². The average Bonchev–Trinajstić information content (AvgIpc) is 3.31. The lowest BCUT2D eigenvalue weighted by atomic mass is 9.94. The summed E-state index contributed by atoms with van der Waals surface area (Å²) < 4.78 is 0. The molecule has 0 aromatic heterocycles. The molecule has 0 spiro atoms. The second-order valence-electron chi connectivity index (χ2n) is 7.07. The number of carbonyl (C=O) groups is 2. The fourth-order valence-corrected chi connectivity index (χ4v) is 3.71. The highest BCUT2D eigenvalue weighted by Gasteiger charge is 2.42. The van der Waals surface area contributed by atoms with E-state index in [-0.39, 0.29) is 23.9 Å². The van der Waals surface area contributed by atoms with Gasteiger partial charge in [-0.1, -0.05) is 19.3 Å². The largest absolute Gasteiger partial charge is 0.369 e. The number of hydrogen-bond acceptors (Lipinski definition) is 2. The van der Waals surface area contributed by atoms with Crippen LogP contribution in [0.1, 0.15) is 57.8 Å². The number of primary amides is 1. The van der Waals surface area contributed by atoms with Crippen molar-refractivity contribution >= 4 is 11.9 Å². The zero-order chi connectivity index (χ0) is 14.8.